The van der Waals surface area contributed by atoms with Gasteiger partial charge in [0.15, 0.2) is 11.6 Å². The van der Waals surface area contributed by atoms with E-state index in [0.717, 1.165) is 32.1 Å². The van der Waals surface area contributed by atoms with Gasteiger partial charge in [-0.25, -0.2) is 0 Å². The molecule has 0 amide bonds. The van der Waals surface area contributed by atoms with Crippen LogP contribution in [0.4, 0.5) is 0 Å². The average Bonchev–Trinajstić information content (AvgIpc) is 3.16. The number of fused-ring (bicyclic) bond motifs is 4. The fourth-order valence-corrected chi connectivity index (χ4v) is 6.98. The Bertz CT molecular complexity index is 575. The lowest BCUT2D eigenvalue weighted by Gasteiger charge is -2.57. The van der Waals surface area contributed by atoms with Crippen molar-refractivity contribution in [3.05, 3.63) is 0 Å². The number of hydrogen-bond acceptors (Lipinski definition) is 5. The van der Waals surface area contributed by atoms with Crippen LogP contribution in [0.25, 0.3) is 0 Å². The number of aliphatic hydroxyl groups is 2. The molecule has 5 heteroatoms. The molecule has 148 valence electrons. The Morgan fingerprint density at radius 2 is 1.73 bits per heavy atom. The maximum Gasteiger partial charge on any atom is 0.174 e. The molecule has 0 radical (unpaired) electrons. The Labute approximate surface area is 156 Å². The molecule has 5 nitrogen and oxygen atoms in total. The predicted octanol–water partition coefficient (Wildman–Crippen LogP) is 3.02. The van der Waals surface area contributed by atoms with Crippen LogP contribution >= 0.6 is 0 Å². The van der Waals surface area contributed by atoms with Crippen molar-refractivity contribution in [2.24, 2.45) is 28.6 Å². The number of rotatable bonds is 3. The van der Waals surface area contributed by atoms with Crippen LogP contribution in [0.15, 0.2) is 0 Å². The van der Waals surface area contributed by atoms with Gasteiger partial charge in [-0.15, -0.1) is 0 Å². The van der Waals surface area contributed by atoms with Gasteiger partial charge in [-0.05, 0) is 56.8 Å². The van der Waals surface area contributed by atoms with Crippen LogP contribution in [0.5, 0.6) is 0 Å². The zero-order valence-corrected chi connectivity index (χ0v) is 16.4. The van der Waals surface area contributed by atoms with Crippen LogP contribution in [-0.2, 0) is 14.3 Å². The Morgan fingerprint density at radius 3 is 2.38 bits per heavy atom. The lowest BCUT2D eigenvalue weighted by atomic mass is 9.48. The standard InChI is InChI=1S/C21H34O5/c1-18(10-11-20(3,23)24)15-6-8-19(2)16(14(15)4-5-17(18)22)7-9-21(19)25-12-13-26-21/h14-16,23-24H,4-13H2,1-3H3/t14?,15?,16?,18-,19+/m0/s1. The summed E-state index contributed by atoms with van der Waals surface area (Å²) in [5, 5.41) is 19.6. The molecule has 3 aliphatic carbocycles. The molecule has 0 bridgehead atoms. The third-order valence-electron chi connectivity index (χ3n) is 8.51. The van der Waals surface area contributed by atoms with E-state index < -0.39 is 17.0 Å². The number of carbonyl (C=O) groups excluding carboxylic acids is 1. The monoisotopic (exact) mass is 366 g/mol. The van der Waals surface area contributed by atoms with Gasteiger partial charge in [-0.3, -0.25) is 4.79 Å². The van der Waals surface area contributed by atoms with Crippen molar-refractivity contribution in [1.29, 1.82) is 0 Å². The third-order valence-corrected chi connectivity index (χ3v) is 8.51. The minimum absolute atomic E-state index is 0.0361. The lowest BCUT2D eigenvalue weighted by molar-refractivity contribution is -0.243. The fraction of sp³-hybridized carbons (Fsp3) is 0.952. The van der Waals surface area contributed by atoms with E-state index in [-0.39, 0.29) is 11.8 Å². The molecule has 3 unspecified atom stereocenters. The minimum Gasteiger partial charge on any atom is -0.366 e. The summed E-state index contributed by atoms with van der Waals surface area (Å²) in [6, 6.07) is 0. The van der Waals surface area contributed by atoms with E-state index >= 15 is 0 Å². The second kappa shape index (κ2) is 6.00. The molecule has 0 aromatic rings. The highest BCUT2D eigenvalue weighted by Gasteiger charge is 2.67. The first-order valence-corrected chi connectivity index (χ1v) is 10.4. The quantitative estimate of drug-likeness (QED) is 0.751. The van der Waals surface area contributed by atoms with Gasteiger partial charge in [-0.2, -0.15) is 0 Å². The SMILES string of the molecule is CC(O)(O)CC[C@]1(C)C(=O)CCC2C1CC[C@]1(C)C2CCC12OCCO2. The second-order valence-corrected chi connectivity index (χ2v) is 9.92. The number of ether oxygens (including phenoxy) is 2. The Morgan fingerprint density at radius 1 is 1.08 bits per heavy atom. The first kappa shape index (κ1) is 18.9. The topological polar surface area (TPSA) is 76.0 Å². The molecule has 0 aromatic heterocycles. The van der Waals surface area contributed by atoms with Crippen LogP contribution in [0.2, 0.25) is 0 Å². The molecule has 3 saturated carbocycles. The highest BCUT2D eigenvalue weighted by molar-refractivity contribution is 5.85. The Hall–Kier alpha value is -0.490. The molecule has 1 saturated heterocycles. The van der Waals surface area contributed by atoms with Crippen molar-refractivity contribution in [1.82, 2.24) is 0 Å². The van der Waals surface area contributed by atoms with Crippen molar-refractivity contribution in [3.8, 4) is 0 Å². The maximum atomic E-state index is 12.9. The summed E-state index contributed by atoms with van der Waals surface area (Å²) in [6.45, 7) is 7.22. The molecule has 1 heterocycles. The number of hydrogen-bond donors (Lipinski definition) is 2. The Kier molecular flexibility index (Phi) is 4.35. The zero-order chi connectivity index (χ0) is 18.8. The highest BCUT2D eigenvalue weighted by atomic mass is 16.7. The molecule has 26 heavy (non-hydrogen) atoms. The molecule has 2 N–H and O–H groups in total. The van der Waals surface area contributed by atoms with E-state index in [9.17, 15) is 15.0 Å². The van der Waals surface area contributed by atoms with Gasteiger partial charge in [0.05, 0.1) is 13.2 Å². The van der Waals surface area contributed by atoms with Gasteiger partial charge >= 0.3 is 0 Å². The molecule has 1 spiro atoms. The fourth-order valence-electron chi connectivity index (χ4n) is 6.98. The predicted molar refractivity (Wildman–Crippen MR) is 96.1 cm³/mol. The van der Waals surface area contributed by atoms with E-state index in [1.165, 1.54) is 6.92 Å². The summed E-state index contributed by atoms with van der Waals surface area (Å²) in [5.74, 6) is -0.431. The van der Waals surface area contributed by atoms with Gasteiger partial charge in [0.1, 0.15) is 5.78 Å². The average molecular weight is 366 g/mol. The molecule has 4 rings (SSSR count). The first-order valence-electron chi connectivity index (χ1n) is 10.4. The van der Waals surface area contributed by atoms with Gasteiger partial charge in [0.2, 0.25) is 0 Å². The van der Waals surface area contributed by atoms with E-state index in [1.807, 2.05) is 0 Å². The van der Waals surface area contributed by atoms with Crippen LogP contribution < -0.4 is 0 Å². The van der Waals surface area contributed by atoms with E-state index in [1.54, 1.807) is 0 Å². The number of Topliss-reactive ketones (excluding diaryl/α,β-unsaturated/α-hetero) is 1. The van der Waals surface area contributed by atoms with Gasteiger partial charge in [-0.1, -0.05) is 13.8 Å². The molecule has 1 aliphatic heterocycles. The molecule has 4 aliphatic rings. The van der Waals surface area contributed by atoms with E-state index in [2.05, 4.69) is 13.8 Å². The summed E-state index contributed by atoms with van der Waals surface area (Å²) < 4.78 is 12.3. The van der Waals surface area contributed by atoms with Gasteiger partial charge < -0.3 is 19.7 Å². The van der Waals surface area contributed by atoms with Crippen molar-refractivity contribution in [2.45, 2.75) is 83.7 Å². The van der Waals surface area contributed by atoms with Crippen molar-refractivity contribution >= 4 is 5.78 Å². The normalized spacial score (nSPS) is 45.0. The maximum absolute atomic E-state index is 12.9. The smallest absolute Gasteiger partial charge is 0.174 e. The van der Waals surface area contributed by atoms with Crippen molar-refractivity contribution in [2.75, 3.05) is 13.2 Å². The molecule has 0 aromatic carbocycles. The van der Waals surface area contributed by atoms with Crippen molar-refractivity contribution in [3.63, 3.8) is 0 Å². The second-order valence-electron chi connectivity index (χ2n) is 9.92. The van der Waals surface area contributed by atoms with Crippen LogP contribution in [0.1, 0.15) is 72.1 Å². The highest BCUT2D eigenvalue weighted by Crippen LogP contribution is 2.67. The molecular weight excluding hydrogens is 332 g/mol. The summed E-state index contributed by atoms with van der Waals surface area (Å²) in [5.41, 5.74) is -0.404. The lowest BCUT2D eigenvalue weighted by Crippen LogP contribution is -2.56. The van der Waals surface area contributed by atoms with Crippen LogP contribution in [0.3, 0.4) is 0 Å². The van der Waals surface area contributed by atoms with Crippen LogP contribution in [0, 0.1) is 28.6 Å². The largest absolute Gasteiger partial charge is 0.366 e. The molecular formula is C21H34O5. The summed E-state index contributed by atoms with van der Waals surface area (Å²) in [6.07, 6.45) is 6.48. The first-order chi connectivity index (χ1) is 12.1. The number of ketones is 1. The van der Waals surface area contributed by atoms with Gasteiger partial charge in [0.25, 0.3) is 0 Å². The van der Waals surface area contributed by atoms with Crippen molar-refractivity contribution < 1.29 is 24.5 Å². The Balaban J connectivity index is 1.60. The van der Waals surface area contributed by atoms with E-state index in [0.29, 0.717) is 49.6 Å². The molecule has 4 fully saturated rings. The summed E-state index contributed by atoms with van der Waals surface area (Å²) in [4.78, 5) is 12.9. The van der Waals surface area contributed by atoms with E-state index in [4.69, 9.17) is 9.47 Å². The molecule has 5 atom stereocenters. The summed E-state index contributed by atoms with van der Waals surface area (Å²) >= 11 is 0. The summed E-state index contributed by atoms with van der Waals surface area (Å²) in [7, 11) is 0. The minimum atomic E-state index is -1.71. The zero-order valence-electron chi connectivity index (χ0n) is 16.4. The van der Waals surface area contributed by atoms with Gasteiger partial charge in [0, 0.05) is 30.1 Å². The van der Waals surface area contributed by atoms with Crippen LogP contribution in [-0.4, -0.2) is 40.8 Å². The third kappa shape index (κ3) is 2.61. The number of carbonyl (C=O) groups is 1.